The molecule has 3 aromatic carbocycles. The average Bonchev–Trinajstić information content (AvgIpc) is 1.49. The van der Waals surface area contributed by atoms with Crippen LogP contribution in [0.1, 0.15) is 44.3 Å². The zero-order valence-electron chi connectivity index (χ0n) is 50.3. The van der Waals surface area contributed by atoms with Gasteiger partial charge in [0, 0.05) is 90.0 Å². The minimum absolute atomic E-state index is 0.0702. The van der Waals surface area contributed by atoms with Gasteiger partial charge in [0.05, 0.1) is 74.0 Å². The molecule has 0 bridgehead atoms. The second kappa shape index (κ2) is 27.2. The quantitative estimate of drug-likeness (QED) is 0.0485. The number of aromatic nitrogens is 15. The largest absolute Gasteiger partial charge is 0.494 e. The van der Waals surface area contributed by atoms with E-state index in [0.29, 0.717) is 68.2 Å². The molecular formula is C56H58F4N24O8. The Morgan fingerprint density at radius 2 is 0.783 bits per heavy atom. The lowest BCUT2D eigenvalue weighted by Crippen LogP contribution is -2.23. The first-order valence-corrected chi connectivity index (χ1v) is 27.3. The van der Waals surface area contributed by atoms with Crippen molar-refractivity contribution in [3.05, 3.63) is 108 Å². The first-order chi connectivity index (χ1) is 44.0. The number of ether oxygens (including phenoxy) is 3. The lowest BCUT2D eigenvalue weighted by molar-refractivity contribution is -0.120. The SMILES string of the molecule is CNC(=O)c1nnc(N)cc1Nc1cccc(-c2cnn(C)n2)c1OC.CNC(=O)c1nnc(NC(=O)C2CC2(F)F)cc1Nc1cccc(-c2cnn(C)n2)c1OC.CNC(=O)c1nnc(NC(=O)C2CC2(F)F)cc1Nc1cccc(-c2cnn(C)n2)c1OC. The Labute approximate surface area is 518 Å². The van der Waals surface area contributed by atoms with Crippen LogP contribution in [-0.4, -0.2) is 159 Å². The number of benzene rings is 3. The number of carbonyl (C=O) groups is 5. The fraction of sp³-hybridized carbons (Fsp3) is 0.268. The molecule has 2 saturated carbocycles. The Morgan fingerprint density at radius 1 is 0.478 bits per heavy atom. The zero-order chi connectivity index (χ0) is 66.2. The normalized spacial score (nSPS) is 14.5. The Morgan fingerprint density at radius 3 is 1.05 bits per heavy atom. The van der Waals surface area contributed by atoms with Gasteiger partial charge in [0.1, 0.15) is 34.7 Å². The first-order valence-electron chi connectivity index (χ1n) is 27.3. The van der Waals surface area contributed by atoms with Gasteiger partial charge in [-0.2, -0.15) is 45.0 Å². The number of nitrogens with two attached hydrogens (primary N) is 1. The molecule has 5 amide bonds. The molecule has 0 radical (unpaired) electrons. The minimum Gasteiger partial charge on any atom is -0.494 e. The highest BCUT2D eigenvalue weighted by Crippen LogP contribution is 2.50. The molecule has 0 spiro atoms. The number of hydrogen-bond donors (Lipinski definition) is 9. The van der Waals surface area contributed by atoms with Crippen molar-refractivity contribution in [1.82, 2.24) is 91.5 Å². The molecule has 6 aromatic heterocycles. The highest BCUT2D eigenvalue weighted by atomic mass is 19.3. The van der Waals surface area contributed by atoms with Crippen LogP contribution >= 0.6 is 0 Å². The molecule has 10 N–H and O–H groups in total. The number of anilines is 9. The van der Waals surface area contributed by atoms with Crippen LogP contribution in [0.5, 0.6) is 17.2 Å². The maximum atomic E-state index is 13.2. The van der Waals surface area contributed by atoms with E-state index in [4.69, 9.17) is 19.9 Å². The number of methoxy groups -OCH3 is 3. The Balaban J connectivity index is 0.000000164. The lowest BCUT2D eigenvalue weighted by Gasteiger charge is -2.16. The van der Waals surface area contributed by atoms with E-state index in [1.807, 2.05) is 18.2 Å². The van der Waals surface area contributed by atoms with Gasteiger partial charge < -0.3 is 62.5 Å². The van der Waals surface area contributed by atoms with Crippen LogP contribution in [0.25, 0.3) is 33.8 Å². The summed E-state index contributed by atoms with van der Waals surface area (Å²) in [5.74, 6) is -10.6. The summed E-state index contributed by atoms with van der Waals surface area (Å²) in [5, 5.41) is 69.3. The van der Waals surface area contributed by atoms with Crippen LogP contribution in [0, 0.1) is 11.8 Å². The third kappa shape index (κ3) is 14.6. The highest BCUT2D eigenvalue weighted by Gasteiger charge is 2.62. The number of aryl methyl sites for hydroxylation is 3. The third-order valence-corrected chi connectivity index (χ3v) is 13.6. The van der Waals surface area contributed by atoms with E-state index in [0.717, 1.165) is 5.56 Å². The number of nitrogens with one attached hydrogen (secondary N) is 8. The molecule has 9 aromatic rings. The van der Waals surface area contributed by atoms with Gasteiger partial charge >= 0.3 is 0 Å². The number of nitrogens with zero attached hydrogens (tertiary/aromatic N) is 15. The van der Waals surface area contributed by atoms with Crippen molar-refractivity contribution in [2.45, 2.75) is 24.7 Å². The monoisotopic (exact) mass is 1270 g/mol. The molecule has 6 heterocycles. The van der Waals surface area contributed by atoms with E-state index in [1.54, 1.807) is 83.2 Å². The van der Waals surface area contributed by atoms with E-state index in [2.05, 4.69) is 104 Å². The lowest BCUT2D eigenvalue weighted by atomic mass is 10.1. The summed E-state index contributed by atoms with van der Waals surface area (Å²) >= 11 is 0. The Kier molecular flexibility index (Phi) is 19.0. The molecule has 2 fully saturated rings. The Hall–Kier alpha value is -12.0. The second-order valence-electron chi connectivity index (χ2n) is 20.0. The highest BCUT2D eigenvalue weighted by molar-refractivity contribution is 6.02. The molecule has 92 heavy (non-hydrogen) atoms. The van der Waals surface area contributed by atoms with Crippen molar-refractivity contribution < 1.29 is 55.7 Å². The van der Waals surface area contributed by atoms with Crippen molar-refractivity contribution >= 4 is 81.1 Å². The van der Waals surface area contributed by atoms with Crippen molar-refractivity contribution in [2.24, 2.45) is 33.0 Å². The van der Waals surface area contributed by atoms with Gasteiger partial charge in [0.15, 0.2) is 46.0 Å². The van der Waals surface area contributed by atoms with Crippen molar-refractivity contribution in [3.63, 3.8) is 0 Å². The number of alkyl halides is 4. The summed E-state index contributed by atoms with van der Waals surface area (Å²) in [6.07, 6.45) is 3.77. The van der Waals surface area contributed by atoms with Crippen LogP contribution in [0.15, 0.2) is 91.4 Å². The van der Waals surface area contributed by atoms with Gasteiger partial charge in [-0.1, -0.05) is 18.2 Å². The number of hydrogen-bond acceptors (Lipinski definition) is 24. The number of para-hydroxylation sites is 3. The fourth-order valence-corrected chi connectivity index (χ4v) is 8.89. The standard InChI is InChI=1S/2C20H20F2N8O3.C16H18N8O2/c2*1-23-19(32)16-13(7-15(27-28-16)26-18(31)11-8-20(11,21)22)25-12-6-4-5-10(17(12)33-3)14-9-24-30(2)29-14;1-18-16(25)14-11(7-13(17)21-22-14)20-10-6-4-5-9(15(10)26-3)12-8-19-24(2)23-12/h2*4-7,9,11H,8H2,1-3H3,(H,23,32)(H2,25,26,27,31);4-8H,1-3H3,(H,18,25)(H3,17,20,21). The van der Waals surface area contributed by atoms with E-state index < -0.39 is 60.2 Å². The summed E-state index contributed by atoms with van der Waals surface area (Å²) in [5.41, 5.74) is 11.8. The van der Waals surface area contributed by atoms with Crippen LogP contribution in [-0.2, 0) is 30.7 Å². The molecule has 478 valence electrons. The van der Waals surface area contributed by atoms with Crippen LogP contribution in [0.3, 0.4) is 0 Å². The predicted molar refractivity (Wildman–Crippen MR) is 323 cm³/mol. The molecule has 0 saturated heterocycles. The van der Waals surface area contributed by atoms with Crippen LogP contribution in [0.4, 0.5) is 69.1 Å². The molecule has 0 aliphatic heterocycles. The summed E-state index contributed by atoms with van der Waals surface area (Å²) < 4.78 is 69.5. The van der Waals surface area contributed by atoms with Crippen LogP contribution < -0.4 is 62.5 Å². The maximum absolute atomic E-state index is 13.2. The summed E-state index contributed by atoms with van der Waals surface area (Å²) in [6.45, 7) is 0. The molecule has 2 atom stereocenters. The number of amides is 5. The molecule has 2 aliphatic rings. The molecule has 32 nitrogen and oxygen atoms in total. The van der Waals surface area contributed by atoms with Gasteiger partial charge in [-0.3, -0.25) is 24.0 Å². The molecule has 11 rings (SSSR count). The number of rotatable bonds is 19. The molecule has 2 unspecified atom stereocenters. The topological polar surface area (TPSA) is 405 Å². The first kappa shape index (κ1) is 64.5. The van der Waals surface area contributed by atoms with Gasteiger partial charge in [-0.15, -0.1) is 30.6 Å². The van der Waals surface area contributed by atoms with Crippen molar-refractivity contribution in [3.8, 4) is 51.0 Å². The third-order valence-electron chi connectivity index (χ3n) is 13.6. The number of carbonyl (C=O) groups excluding carboxylic acids is 5. The van der Waals surface area contributed by atoms with E-state index >= 15 is 0 Å². The fourth-order valence-electron chi connectivity index (χ4n) is 8.89. The average molecular weight is 1270 g/mol. The van der Waals surface area contributed by atoms with Gasteiger partial charge in [0.25, 0.3) is 29.6 Å². The van der Waals surface area contributed by atoms with Gasteiger partial charge in [-0.05, 0) is 36.4 Å². The zero-order valence-corrected chi connectivity index (χ0v) is 50.3. The maximum Gasteiger partial charge on any atom is 0.273 e. The predicted octanol–water partition coefficient (Wildman–Crippen LogP) is 4.92. The van der Waals surface area contributed by atoms with E-state index in [1.165, 1.54) is 68.0 Å². The molecular weight excluding hydrogens is 1210 g/mol. The summed E-state index contributed by atoms with van der Waals surface area (Å²) in [6, 6.07) is 20.2. The van der Waals surface area contributed by atoms with Gasteiger partial charge in [-0.25, -0.2) is 17.6 Å². The molecule has 36 heteroatoms. The number of nitrogen functional groups attached to an aromatic ring is 1. The van der Waals surface area contributed by atoms with Crippen LogP contribution in [0.2, 0.25) is 0 Å². The Bertz CT molecular complexity index is 4070. The van der Waals surface area contributed by atoms with Crippen molar-refractivity contribution in [2.75, 3.05) is 74.8 Å². The van der Waals surface area contributed by atoms with Crippen molar-refractivity contribution in [1.29, 1.82) is 0 Å². The van der Waals surface area contributed by atoms with Gasteiger partial charge in [0.2, 0.25) is 11.8 Å². The minimum atomic E-state index is -3.02. The van der Waals surface area contributed by atoms with E-state index in [-0.39, 0.29) is 51.8 Å². The summed E-state index contributed by atoms with van der Waals surface area (Å²) in [7, 11) is 14.0. The summed E-state index contributed by atoms with van der Waals surface area (Å²) in [4.78, 5) is 65.0. The second-order valence-corrected chi connectivity index (χ2v) is 20.0. The number of halogens is 4. The molecule has 2 aliphatic carbocycles. The van der Waals surface area contributed by atoms with E-state index in [9.17, 15) is 41.5 Å². The smallest absolute Gasteiger partial charge is 0.273 e.